The molecule has 0 aliphatic carbocycles. The van der Waals surface area contributed by atoms with E-state index in [0.717, 1.165) is 0 Å². The summed E-state index contributed by atoms with van der Waals surface area (Å²) in [6.45, 7) is 3.43. The molecule has 1 aromatic heterocycles. The second-order valence-electron chi connectivity index (χ2n) is 3.43. The maximum Gasteiger partial charge on any atom is 0.377 e. The normalized spacial score (nSPS) is 11.7. The molecule has 0 spiro atoms. The van der Waals surface area contributed by atoms with E-state index in [9.17, 15) is 9.59 Å². The maximum absolute atomic E-state index is 11.0. The molecule has 0 unspecified atom stereocenters. The highest BCUT2D eigenvalue weighted by atomic mass is 16.6. The molecule has 94 valence electrons. The molecule has 0 saturated heterocycles. The van der Waals surface area contributed by atoms with Crippen LogP contribution in [0.5, 0.6) is 5.88 Å². The number of methoxy groups -OCH3 is 1. The van der Waals surface area contributed by atoms with Gasteiger partial charge in [0.2, 0.25) is 11.7 Å². The van der Waals surface area contributed by atoms with Crippen LogP contribution in [-0.4, -0.2) is 36.8 Å². The van der Waals surface area contributed by atoms with Gasteiger partial charge in [-0.3, -0.25) is 4.79 Å². The van der Waals surface area contributed by atoms with Crippen molar-refractivity contribution in [3.63, 3.8) is 0 Å². The number of rotatable bonds is 5. The van der Waals surface area contributed by atoms with Crippen molar-refractivity contribution in [2.24, 2.45) is 0 Å². The average Bonchev–Trinajstić information content (AvgIpc) is 2.73. The van der Waals surface area contributed by atoms with Gasteiger partial charge in [-0.2, -0.15) is 0 Å². The van der Waals surface area contributed by atoms with Gasteiger partial charge in [-0.15, -0.1) is 0 Å². The third kappa shape index (κ3) is 4.13. The van der Waals surface area contributed by atoms with E-state index >= 15 is 0 Å². The van der Waals surface area contributed by atoms with E-state index in [1.807, 2.05) is 0 Å². The molecule has 0 radical (unpaired) electrons. The molecule has 0 saturated carbocycles. The fourth-order valence-electron chi connectivity index (χ4n) is 1.12. The van der Waals surface area contributed by atoms with Crippen molar-refractivity contribution in [2.75, 3.05) is 13.7 Å². The molecular weight excluding hydrogens is 228 g/mol. The minimum Gasteiger partial charge on any atom is -0.473 e. The van der Waals surface area contributed by atoms with Crippen molar-refractivity contribution in [2.45, 2.75) is 19.9 Å². The zero-order valence-electron chi connectivity index (χ0n) is 9.85. The van der Waals surface area contributed by atoms with Gasteiger partial charge >= 0.3 is 5.97 Å². The van der Waals surface area contributed by atoms with Crippen molar-refractivity contribution < 1.29 is 23.6 Å². The number of nitrogens with one attached hydrogen (secondary N) is 1. The number of carbonyl (C=O) groups is 2. The monoisotopic (exact) mass is 242 g/mol. The Morgan fingerprint density at radius 1 is 1.59 bits per heavy atom. The Bertz CT molecular complexity index is 401. The van der Waals surface area contributed by atoms with Crippen molar-refractivity contribution in [3.8, 4) is 5.88 Å². The maximum atomic E-state index is 11.0. The molecule has 1 atom stereocenters. The van der Waals surface area contributed by atoms with Gasteiger partial charge in [0.05, 0.1) is 19.2 Å². The van der Waals surface area contributed by atoms with E-state index in [-0.39, 0.29) is 30.2 Å². The highest BCUT2D eigenvalue weighted by Crippen LogP contribution is 2.12. The summed E-state index contributed by atoms with van der Waals surface area (Å²) in [5.74, 6) is -0.629. The summed E-state index contributed by atoms with van der Waals surface area (Å²) in [6, 6.07) is 1.16. The van der Waals surface area contributed by atoms with Crippen molar-refractivity contribution in [1.82, 2.24) is 10.5 Å². The van der Waals surface area contributed by atoms with E-state index in [1.54, 1.807) is 6.92 Å². The topological polar surface area (TPSA) is 90.7 Å². The molecule has 0 aromatic carbocycles. The van der Waals surface area contributed by atoms with Crippen molar-refractivity contribution in [1.29, 1.82) is 0 Å². The molecule has 1 aromatic rings. The number of hydrogen-bond acceptors (Lipinski definition) is 6. The molecule has 7 nitrogen and oxygen atoms in total. The van der Waals surface area contributed by atoms with Gasteiger partial charge in [-0.05, 0) is 12.1 Å². The smallest absolute Gasteiger partial charge is 0.377 e. The van der Waals surface area contributed by atoms with Crippen LogP contribution in [0.1, 0.15) is 24.4 Å². The number of ether oxygens (including phenoxy) is 2. The van der Waals surface area contributed by atoms with Crippen molar-refractivity contribution in [3.05, 3.63) is 11.8 Å². The van der Waals surface area contributed by atoms with Crippen LogP contribution in [0.3, 0.4) is 0 Å². The number of carbonyl (C=O) groups excluding carboxylic acids is 2. The lowest BCUT2D eigenvalue weighted by atomic mass is 10.3. The first-order valence-corrected chi connectivity index (χ1v) is 4.98. The van der Waals surface area contributed by atoms with Crippen LogP contribution < -0.4 is 10.1 Å². The summed E-state index contributed by atoms with van der Waals surface area (Å²) in [5, 5.41) is 6.17. The van der Waals surface area contributed by atoms with Crippen LogP contribution in [0.25, 0.3) is 0 Å². The first kappa shape index (κ1) is 13.0. The standard InChI is InChI=1S/C10H14N2O5/c1-6(11-7(2)13)5-16-9-4-8(17-12-9)10(14)15-3/h4,6H,5H2,1-3H3,(H,11,13)/t6-/m0/s1. The van der Waals surface area contributed by atoms with Crippen LogP contribution >= 0.6 is 0 Å². The minimum atomic E-state index is -0.623. The van der Waals surface area contributed by atoms with Crippen LogP contribution in [-0.2, 0) is 9.53 Å². The summed E-state index contributed by atoms with van der Waals surface area (Å²) < 4.78 is 14.4. The number of amides is 1. The number of esters is 1. The Labute approximate surface area is 98.1 Å². The Morgan fingerprint density at radius 2 is 2.29 bits per heavy atom. The van der Waals surface area contributed by atoms with Gasteiger partial charge in [0, 0.05) is 6.92 Å². The molecular formula is C10H14N2O5. The summed E-state index contributed by atoms with van der Waals surface area (Å²) >= 11 is 0. The van der Waals surface area contributed by atoms with E-state index in [0.29, 0.717) is 0 Å². The fraction of sp³-hybridized carbons (Fsp3) is 0.500. The van der Waals surface area contributed by atoms with E-state index in [2.05, 4.69) is 15.2 Å². The zero-order valence-corrected chi connectivity index (χ0v) is 9.85. The third-order valence-corrected chi connectivity index (χ3v) is 1.81. The van der Waals surface area contributed by atoms with Gasteiger partial charge in [0.25, 0.3) is 5.88 Å². The molecule has 0 fully saturated rings. The molecule has 0 bridgehead atoms. The molecule has 1 rings (SSSR count). The lowest BCUT2D eigenvalue weighted by Gasteiger charge is -2.11. The van der Waals surface area contributed by atoms with Crippen LogP contribution in [0, 0.1) is 0 Å². The Balaban J connectivity index is 2.44. The average molecular weight is 242 g/mol. The molecule has 1 amide bonds. The third-order valence-electron chi connectivity index (χ3n) is 1.81. The van der Waals surface area contributed by atoms with Gasteiger partial charge in [0.1, 0.15) is 6.61 Å². The molecule has 1 N–H and O–H groups in total. The highest BCUT2D eigenvalue weighted by molar-refractivity contribution is 5.86. The van der Waals surface area contributed by atoms with E-state index in [1.165, 1.54) is 20.1 Å². The second kappa shape index (κ2) is 5.88. The summed E-state index contributed by atoms with van der Waals surface area (Å²) in [6.07, 6.45) is 0. The SMILES string of the molecule is COC(=O)c1cc(OC[C@H](C)NC(C)=O)no1. The largest absolute Gasteiger partial charge is 0.473 e. The lowest BCUT2D eigenvalue weighted by Crippen LogP contribution is -2.35. The second-order valence-corrected chi connectivity index (χ2v) is 3.43. The van der Waals surface area contributed by atoms with E-state index in [4.69, 9.17) is 9.26 Å². The summed E-state index contributed by atoms with van der Waals surface area (Å²) in [4.78, 5) is 21.8. The Morgan fingerprint density at radius 3 is 2.88 bits per heavy atom. The molecule has 7 heteroatoms. The fourth-order valence-corrected chi connectivity index (χ4v) is 1.12. The lowest BCUT2D eigenvalue weighted by molar-refractivity contribution is -0.119. The highest BCUT2D eigenvalue weighted by Gasteiger charge is 2.14. The van der Waals surface area contributed by atoms with Gasteiger partial charge < -0.3 is 19.3 Å². The molecule has 0 aliphatic rings. The molecule has 17 heavy (non-hydrogen) atoms. The quantitative estimate of drug-likeness (QED) is 0.750. The number of aromatic nitrogens is 1. The predicted octanol–water partition coefficient (Wildman–Crippen LogP) is 0.365. The van der Waals surface area contributed by atoms with Gasteiger partial charge in [-0.1, -0.05) is 0 Å². The Kier molecular flexibility index (Phi) is 4.50. The van der Waals surface area contributed by atoms with Gasteiger partial charge in [0.15, 0.2) is 0 Å². The summed E-state index contributed by atoms with van der Waals surface area (Å²) in [7, 11) is 1.24. The zero-order chi connectivity index (χ0) is 12.8. The van der Waals surface area contributed by atoms with Crippen LogP contribution in [0.15, 0.2) is 10.6 Å². The van der Waals surface area contributed by atoms with Gasteiger partial charge in [-0.25, -0.2) is 4.79 Å². The van der Waals surface area contributed by atoms with Crippen LogP contribution in [0.4, 0.5) is 0 Å². The van der Waals surface area contributed by atoms with Crippen LogP contribution in [0.2, 0.25) is 0 Å². The first-order chi connectivity index (χ1) is 8.02. The van der Waals surface area contributed by atoms with E-state index < -0.39 is 5.97 Å². The number of hydrogen-bond donors (Lipinski definition) is 1. The molecule has 1 heterocycles. The Hall–Kier alpha value is -2.05. The minimum absolute atomic E-state index is 0.0327. The summed E-state index contributed by atoms with van der Waals surface area (Å²) in [5.41, 5.74) is 0. The molecule has 0 aliphatic heterocycles. The predicted molar refractivity (Wildman–Crippen MR) is 56.6 cm³/mol. The first-order valence-electron chi connectivity index (χ1n) is 4.98. The number of nitrogens with zero attached hydrogens (tertiary/aromatic N) is 1. The van der Waals surface area contributed by atoms with Crippen molar-refractivity contribution >= 4 is 11.9 Å².